The van der Waals surface area contributed by atoms with E-state index in [0.717, 1.165) is 15.6 Å². The van der Waals surface area contributed by atoms with Crippen LogP contribution in [0, 0.1) is 0 Å². The number of para-hydroxylation sites is 1. The molecule has 0 atom stereocenters. The number of aromatic amines is 2. The molecule has 6 nitrogen and oxygen atoms in total. The van der Waals surface area contributed by atoms with Crippen LogP contribution in [0.3, 0.4) is 0 Å². The van der Waals surface area contributed by atoms with Gasteiger partial charge in [-0.15, -0.1) is 4.68 Å². The third-order valence-corrected chi connectivity index (χ3v) is 4.54. The number of aromatic nitrogens is 3. The zero-order chi connectivity index (χ0) is 17.6. The molecule has 0 unspecified atom stereocenters. The van der Waals surface area contributed by atoms with E-state index in [1.165, 1.54) is 6.21 Å². The first-order valence-corrected chi connectivity index (χ1v) is 8.05. The Morgan fingerprint density at radius 1 is 0.960 bits per heavy atom. The molecule has 0 bridgehead atoms. The summed E-state index contributed by atoms with van der Waals surface area (Å²) in [4.78, 5) is 30.6. The number of hydrogen-bond acceptors (Lipinski definition) is 3. The van der Waals surface area contributed by atoms with Crippen LogP contribution >= 0.6 is 23.2 Å². The van der Waals surface area contributed by atoms with Crippen LogP contribution in [0.15, 0.2) is 57.2 Å². The summed E-state index contributed by atoms with van der Waals surface area (Å²) in [7, 11) is 0. The van der Waals surface area contributed by atoms with Crippen LogP contribution in [0.1, 0.15) is 5.56 Å². The highest BCUT2D eigenvalue weighted by atomic mass is 35.5. The highest BCUT2D eigenvalue weighted by molar-refractivity contribution is 6.42. The molecule has 4 rings (SSSR count). The van der Waals surface area contributed by atoms with Gasteiger partial charge in [0.05, 0.1) is 21.8 Å². The third kappa shape index (κ3) is 2.65. The Labute approximate surface area is 150 Å². The lowest BCUT2D eigenvalue weighted by Gasteiger charge is -1.99. The fraction of sp³-hybridized carbons (Fsp3) is 0. The second-order valence-corrected chi connectivity index (χ2v) is 6.20. The Kier molecular flexibility index (Phi) is 3.71. The van der Waals surface area contributed by atoms with E-state index in [2.05, 4.69) is 15.1 Å². The van der Waals surface area contributed by atoms with E-state index in [1.807, 2.05) is 24.3 Å². The van der Waals surface area contributed by atoms with Crippen LogP contribution in [0.25, 0.3) is 21.9 Å². The molecule has 0 aliphatic heterocycles. The Morgan fingerprint density at radius 2 is 1.76 bits per heavy atom. The lowest BCUT2D eigenvalue weighted by atomic mass is 10.2. The van der Waals surface area contributed by atoms with Crippen molar-refractivity contribution in [3.63, 3.8) is 0 Å². The molecule has 124 valence electrons. The number of benzene rings is 2. The van der Waals surface area contributed by atoms with Gasteiger partial charge in [-0.2, -0.15) is 5.10 Å². The number of nitrogens with zero attached hydrogens (tertiary/aromatic N) is 2. The molecule has 2 heterocycles. The molecule has 2 aromatic carbocycles. The first-order valence-electron chi connectivity index (χ1n) is 7.30. The summed E-state index contributed by atoms with van der Waals surface area (Å²) in [5.74, 6) is 0. The molecule has 0 amide bonds. The molecule has 0 spiro atoms. The molecule has 0 aliphatic rings. The van der Waals surface area contributed by atoms with Crippen molar-refractivity contribution in [2.75, 3.05) is 0 Å². The van der Waals surface area contributed by atoms with Crippen molar-refractivity contribution in [1.29, 1.82) is 0 Å². The monoisotopic (exact) mass is 372 g/mol. The van der Waals surface area contributed by atoms with Gasteiger partial charge in [0.25, 0.3) is 0 Å². The maximum atomic E-state index is 12.6. The van der Waals surface area contributed by atoms with Crippen LogP contribution < -0.4 is 11.2 Å². The fourth-order valence-electron chi connectivity index (χ4n) is 2.61. The first-order chi connectivity index (χ1) is 12.0. The van der Waals surface area contributed by atoms with E-state index in [0.29, 0.717) is 21.1 Å². The molecule has 2 aromatic heterocycles. The molecule has 0 radical (unpaired) electrons. The highest BCUT2D eigenvalue weighted by Gasteiger charge is 2.12. The summed E-state index contributed by atoms with van der Waals surface area (Å²) in [6.45, 7) is 0. The fourth-order valence-corrected chi connectivity index (χ4v) is 2.92. The van der Waals surface area contributed by atoms with Gasteiger partial charge in [-0.1, -0.05) is 47.5 Å². The second-order valence-electron chi connectivity index (χ2n) is 5.39. The predicted molar refractivity (Wildman–Crippen MR) is 100 cm³/mol. The quantitative estimate of drug-likeness (QED) is 0.528. The van der Waals surface area contributed by atoms with Crippen molar-refractivity contribution >= 4 is 51.4 Å². The molecule has 0 aliphatic carbocycles. The summed E-state index contributed by atoms with van der Waals surface area (Å²) in [5, 5.41) is 5.52. The maximum Gasteiger partial charge on any atom is 0.350 e. The summed E-state index contributed by atoms with van der Waals surface area (Å²) >= 11 is 11.8. The predicted octanol–water partition coefficient (Wildman–Crippen LogP) is 3.36. The Balaban J connectivity index is 1.88. The Morgan fingerprint density at radius 3 is 2.56 bits per heavy atom. The molecule has 25 heavy (non-hydrogen) atoms. The number of hydrogen-bond donors (Lipinski definition) is 2. The molecular formula is C17H10Cl2N4O2. The largest absolute Gasteiger partial charge is 0.350 e. The van der Waals surface area contributed by atoms with E-state index < -0.39 is 11.2 Å². The van der Waals surface area contributed by atoms with E-state index in [4.69, 9.17) is 23.2 Å². The highest BCUT2D eigenvalue weighted by Crippen LogP contribution is 2.22. The lowest BCUT2D eigenvalue weighted by molar-refractivity contribution is 0.770. The average molecular weight is 373 g/mol. The van der Waals surface area contributed by atoms with Gasteiger partial charge in [0, 0.05) is 10.9 Å². The van der Waals surface area contributed by atoms with Gasteiger partial charge < -0.3 is 9.97 Å². The summed E-state index contributed by atoms with van der Waals surface area (Å²) in [5.41, 5.74) is 0.956. The van der Waals surface area contributed by atoms with E-state index >= 15 is 0 Å². The normalized spacial score (nSPS) is 11.8. The van der Waals surface area contributed by atoms with Gasteiger partial charge in [-0.3, -0.25) is 4.79 Å². The smallest absolute Gasteiger partial charge is 0.349 e. The summed E-state index contributed by atoms with van der Waals surface area (Å²) in [6.07, 6.45) is 1.37. The van der Waals surface area contributed by atoms with Crippen molar-refractivity contribution in [2.45, 2.75) is 0 Å². The van der Waals surface area contributed by atoms with Gasteiger partial charge in [0.2, 0.25) is 0 Å². The molecular weight excluding hydrogens is 363 g/mol. The van der Waals surface area contributed by atoms with Crippen molar-refractivity contribution in [1.82, 2.24) is 14.6 Å². The van der Waals surface area contributed by atoms with Gasteiger partial charge in [-0.25, -0.2) is 4.79 Å². The van der Waals surface area contributed by atoms with Gasteiger partial charge in [0.15, 0.2) is 0 Å². The molecule has 0 fully saturated rings. The zero-order valence-electron chi connectivity index (χ0n) is 12.6. The van der Waals surface area contributed by atoms with Crippen molar-refractivity contribution in [2.24, 2.45) is 5.10 Å². The molecule has 4 aromatic rings. The van der Waals surface area contributed by atoms with Crippen LogP contribution in [0.5, 0.6) is 0 Å². The van der Waals surface area contributed by atoms with E-state index in [-0.39, 0.29) is 5.52 Å². The van der Waals surface area contributed by atoms with E-state index in [9.17, 15) is 9.59 Å². The standard InChI is InChI=1S/C17H10Cl2N4O2/c18-11-6-5-9(7-12(11)19)8-20-23-16(24)15-14(22-17(23)25)10-3-1-2-4-13(10)21-15/h1-8,21H,(H,22,25)/b20-8+. The Bertz CT molecular complexity index is 1270. The second kappa shape index (κ2) is 5.91. The van der Waals surface area contributed by atoms with Gasteiger partial charge >= 0.3 is 11.2 Å². The number of H-pyrrole nitrogens is 2. The molecule has 0 saturated carbocycles. The minimum absolute atomic E-state index is 0.284. The molecule has 0 saturated heterocycles. The third-order valence-electron chi connectivity index (χ3n) is 3.80. The number of fused-ring (bicyclic) bond motifs is 3. The van der Waals surface area contributed by atoms with E-state index in [1.54, 1.807) is 18.2 Å². The van der Waals surface area contributed by atoms with Gasteiger partial charge in [-0.05, 0) is 23.8 Å². The van der Waals surface area contributed by atoms with Crippen LogP contribution in [0.4, 0.5) is 0 Å². The van der Waals surface area contributed by atoms with Crippen LogP contribution in [-0.2, 0) is 0 Å². The molecule has 8 heteroatoms. The summed E-state index contributed by atoms with van der Waals surface area (Å²) in [6, 6.07) is 12.2. The Hall–Kier alpha value is -2.83. The topological polar surface area (TPSA) is 83.0 Å². The van der Waals surface area contributed by atoms with Crippen LogP contribution in [0.2, 0.25) is 10.0 Å². The average Bonchev–Trinajstić information content (AvgIpc) is 2.97. The number of rotatable bonds is 2. The minimum atomic E-state index is -0.626. The number of halogens is 2. The maximum absolute atomic E-state index is 12.6. The van der Waals surface area contributed by atoms with Crippen molar-refractivity contribution in [3.8, 4) is 0 Å². The van der Waals surface area contributed by atoms with Gasteiger partial charge in [0.1, 0.15) is 5.52 Å². The van der Waals surface area contributed by atoms with Crippen molar-refractivity contribution in [3.05, 3.63) is 78.9 Å². The van der Waals surface area contributed by atoms with Crippen LogP contribution in [-0.4, -0.2) is 20.9 Å². The zero-order valence-corrected chi connectivity index (χ0v) is 14.1. The number of nitrogens with one attached hydrogen (secondary N) is 2. The minimum Gasteiger partial charge on any atom is -0.349 e. The first kappa shape index (κ1) is 15.7. The lowest BCUT2D eigenvalue weighted by Crippen LogP contribution is -2.32. The van der Waals surface area contributed by atoms with Crippen molar-refractivity contribution < 1.29 is 0 Å². The summed E-state index contributed by atoms with van der Waals surface area (Å²) < 4.78 is 0.764. The molecule has 2 N–H and O–H groups in total. The SMILES string of the molecule is O=c1[nH]c2c([nH]c3ccccc32)c(=O)n1/N=C/c1ccc(Cl)c(Cl)c1.